The first-order valence-corrected chi connectivity index (χ1v) is 8.25. The van der Waals surface area contributed by atoms with Crippen LogP contribution >= 0.6 is 0 Å². The van der Waals surface area contributed by atoms with E-state index in [0.29, 0.717) is 49.0 Å². The Kier molecular flexibility index (Phi) is 5.14. The lowest BCUT2D eigenvalue weighted by molar-refractivity contribution is -0.136. The minimum atomic E-state index is -0.602. The van der Waals surface area contributed by atoms with E-state index in [4.69, 9.17) is 9.15 Å². The fourth-order valence-electron chi connectivity index (χ4n) is 2.76. The lowest BCUT2D eigenvalue weighted by atomic mass is 10.1. The molecule has 1 N–H and O–H groups in total. The number of ether oxygens (including phenoxy) is 1. The van der Waals surface area contributed by atoms with Gasteiger partial charge < -0.3 is 19.4 Å². The molecular formula is C18H21N3O4. The van der Waals surface area contributed by atoms with E-state index >= 15 is 0 Å². The molecule has 1 aliphatic rings. The van der Waals surface area contributed by atoms with Gasteiger partial charge in [0.25, 0.3) is 5.91 Å². The lowest BCUT2D eigenvalue weighted by Gasteiger charge is -2.29. The van der Waals surface area contributed by atoms with Gasteiger partial charge in [-0.15, -0.1) is 0 Å². The van der Waals surface area contributed by atoms with Crippen LogP contribution in [0.1, 0.15) is 23.0 Å². The molecule has 2 aromatic heterocycles. The number of furan rings is 1. The quantitative estimate of drug-likeness (QED) is 0.912. The SMILES string of the molecule is Cc1nc(-c2ccco2)ccc1C(=O)N[C@@H](C)C(=O)N1CCOCC1. The van der Waals surface area contributed by atoms with Gasteiger partial charge in [0.15, 0.2) is 5.76 Å². The molecule has 0 saturated carbocycles. The first-order valence-electron chi connectivity index (χ1n) is 8.25. The second-order valence-electron chi connectivity index (χ2n) is 5.94. The van der Waals surface area contributed by atoms with Crippen molar-refractivity contribution in [1.82, 2.24) is 15.2 Å². The molecule has 3 rings (SSSR count). The van der Waals surface area contributed by atoms with Crippen molar-refractivity contribution in [2.45, 2.75) is 19.9 Å². The number of carbonyl (C=O) groups is 2. The Bertz CT molecular complexity index is 752. The highest BCUT2D eigenvalue weighted by Gasteiger charge is 2.24. The van der Waals surface area contributed by atoms with E-state index in [2.05, 4.69) is 10.3 Å². The summed E-state index contributed by atoms with van der Waals surface area (Å²) in [5, 5.41) is 2.75. The van der Waals surface area contributed by atoms with Crippen LogP contribution in [0, 0.1) is 6.92 Å². The first-order chi connectivity index (χ1) is 12.1. The van der Waals surface area contributed by atoms with Gasteiger partial charge in [0.2, 0.25) is 5.91 Å². The zero-order chi connectivity index (χ0) is 17.8. The third-order valence-corrected chi connectivity index (χ3v) is 4.14. The number of amides is 2. The zero-order valence-corrected chi connectivity index (χ0v) is 14.3. The van der Waals surface area contributed by atoms with Crippen LogP contribution in [0.15, 0.2) is 34.9 Å². The molecule has 1 fully saturated rings. The molecule has 7 heteroatoms. The van der Waals surface area contributed by atoms with Gasteiger partial charge in [0, 0.05) is 13.1 Å². The fourth-order valence-corrected chi connectivity index (χ4v) is 2.76. The van der Waals surface area contributed by atoms with Crippen LogP contribution in [0.4, 0.5) is 0 Å². The highest BCUT2D eigenvalue weighted by molar-refractivity contribution is 5.98. The zero-order valence-electron chi connectivity index (χ0n) is 14.3. The van der Waals surface area contributed by atoms with Gasteiger partial charge in [0.1, 0.15) is 11.7 Å². The summed E-state index contributed by atoms with van der Waals surface area (Å²) in [6.07, 6.45) is 1.58. The summed E-state index contributed by atoms with van der Waals surface area (Å²) in [6, 6.07) is 6.42. The van der Waals surface area contributed by atoms with E-state index in [1.54, 1.807) is 43.2 Å². The second-order valence-corrected chi connectivity index (χ2v) is 5.94. The molecule has 1 aliphatic heterocycles. The normalized spacial score (nSPS) is 15.7. The number of nitrogens with zero attached hydrogens (tertiary/aromatic N) is 2. The van der Waals surface area contributed by atoms with Gasteiger partial charge in [-0.05, 0) is 38.1 Å². The third kappa shape index (κ3) is 3.88. The van der Waals surface area contributed by atoms with Crippen molar-refractivity contribution in [3.63, 3.8) is 0 Å². The van der Waals surface area contributed by atoms with Crippen molar-refractivity contribution >= 4 is 11.8 Å². The van der Waals surface area contributed by atoms with E-state index in [0.717, 1.165) is 0 Å². The van der Waals surface area contributed by atoms with Crippen LogP contribution in [0.3, 0.4) is 0 Å². The molecule has 1 saturated heterocycles. The maximum atomic E-state index is 12.5. The van der Waals surface area contributed by atoms with Crippen molar-refractivity contribution < 1.29 is 18.7 Å². The van der Waals surface area contributed by atoms with Crippen LogP contribution in [-0.2, 0) is 9.53 Å². The van der Waals surface area contributed by atoms with Gasteiger partial charge in [-0.3, -0.25) is 9.59 Å². The van der Waals surface area contributed by atoms with Crippen molar-refractivity contribution in [1.29, 1.82) is 0 Å². The highest BCUT2D eigenvalue weighted by atomic mass is 16.5. The Hall–Kier alpha value is -2.67. The summed E-state index contributed by atoms with van der Waals surface area (Å²) in [6.45, 7) is 5.62. The number of aromatic nitrogens is 1. The smallest absolute Gasteiger partial charge is 0.253 e. The number of rotatable bonds is 4. The van der Waals surface area contributed by atoms with Gasteiger partial charge in [-0.25, -0.2) is 4.98 Å². The van der Waals surface area contributed by atoms with E-state index in [9.17, 15) is 9.59 Å². The summed E-state index contributed by atoms with van der Waals surface area (Å²) >= 11 is 0. The lowest BCUT2D eigenvalue weighted by Crippen LogP contribution is -2.50. The first kappa shape index (κ1) is 17.2. The topological polar surface area (TPSA) is 84.7 Å². The Morgan fingerprint density at radius 1 is 1.24 bits per heavy atom. The monoisotopic (exact) mass is 343 g/mol. The Morgan fingerprint density at radius 3 is 2.64 bits per heavy atom. The van der Waals surface area contributed by atoms with Crippen molar-refractivity contribution in [2.75, 3.05) is 26.3 Å². The predicted molar refractivity (Wildman–Crippen MR) is 91.0 cm³/mol. The molecule has 0 radical (unpaired) electrons. The molecule has 3 heterocycles. The van der Waals surface area contributed by atoms with Crippen LogP contribution in [0.2, 0.25) is 0 Å². The molecular weight excluding hydrogens is 322 g/mol. The number of pyridine rings is 1. The van der Waals surface area contributed by atoms with Gasteiger partial charge in [-0.1, -0.05) is 0 Å². The summed E-state index contributed by atoms with van der Waals surface area (Å²) in [5.74, 6) is 0.227. The van der Waals surface area contributed by atoms with Crippen LogP contribution in [-0.4, -0.2) is 54.0 Å². The molecule has 7 nitrogen and oxygen atoms in total. The Morgan fingerprint density at radius 2 is 2.00 bits per heavy atom. The molecule has 25 heavy (non-hydrogen) atoms. The molecule has 0 aliphatic carbocycles. The number of carbonyl (C=O) groups excluding carboxylic acids is 2. The number of aryl methyl sites for hydroxylation is 1. The Labute approximate surface area is 146 Å². The standard InChI is InChI=1S/C18H21N3O4/c1-12-14(5-6-15(19-12)16-4-3-9-25-16)17(22)20-13(2)18(23)21-7-10-24-11-8-21/h3-6,9,13H,7-8,10-11H2,1-2H3,(H,20,22)/t13-/m0/s1. The molecule has 0 spiro atoms. The summed E-state index contributed by atoms with van der Waals surface area (Å²) < 4.78 is 10.6. The minimum absolute atomic E-state index is 0.102. The van der Waals surface area contributed by atoms with Gasteiger partial charge >= 0.3 is 0 Å². The van der Waals surface area contributed by atoms with Crippen LogP contribution in [0.25, 0.3) is 11.5 Å². The van der Waals surface area contributed by atoms with Gasteiger partial charge in [0.05, 0.1) is 30.7 Å². The van der Waals surface area contributed by atoms with E-state index < -0.39 is 6.04 Å². The predicted octanol–water partition coefficient (Wildman–Crippen LogP) is 1.63. The van der Waals surface area contributed by atoms with E-state index in [1.165, 1.54) is 0 Å². The molecule has 1 atom stereocenters. The number of hydrogen-bond acceptors (Lipinski definition) is 5. The molecule has 0 aromatic carbocycles. The van der Waals surface area contributed by atoms with Crippen molar-refractivity contribution in [3.05, 3.63) is 41.8 Å². The van der Waals surface area contributed by atoms with Gasteiger partial charge in [-0.2, -0.15) is 0 Å². The molecule has 2 aromatic rings. The average molecular weight is 343 g/mol. The summed E-state index contributed by atoms with van der Waals surface area (Å²) in [5.41, 5.74) is 1.69. The van der Waals surface area contributed by atoms with Crippen molar-refractivity contribution in [2.24, 2.45) is 0 Å². The fraction of sp³-hybridized carbons (Fsp3) is 0.389. The summed E-state index contributed by atoms with van der Waals surface area (Å²) in [7, 11) is 0. The maximum absolute atomic E-state index is 12.5. The molecule has 132 valence electrons. The summed E-state index contributed by atoms with van der Waals surface area (Å²) in [4.78, 5) is 31.0. The average Bonchev–Trinajstić information content (AvgIpc) is 3.16. The number of nitrogens with one attached hydrogen (secondary N) is 1. The third-order valence-electron chi connectivity index (χ3n) is 4.14. The highest BCUT2D eigenvalue weighted by Crippen LogP contribution is 2.19. The molecule has 0 bridgehead atoms. The largest absolute Gasteiger partial charge is 0.463 e. The maximum Gasteiger partial charge on any atom is 0.253 e. The number of hydrogen-bond donors (Lipinski definition) is 1. The van der Waals surface area contributed by atoms with Crippen LogP contribution in [0.5, 0.6) is 0 Å². The Balaban J connectivity index is 1.67. The second kappa shape index (κ2) is 7.48. The van der Waals surface area contributed by atoms with Crippen molar-refractivity contribution in [3.8, 4) is 11.5 Å². The van der Waals surface area contributed by atoms with Crippen LogP contribution < -0.4 is 5.32 Å². The molecule has 2 amide bonds. The van der Waals surface area contributed by atoms with E-state index in [-0.39, 0.29) is 11.8 Å². The minimum Gasteiger partial charge on any atom is -0.463 e. The van der Waals surface area contributed by atoms with E-state index in [1.807, 2.05) is 6.07 Å². The molecule has 0 unspecified atom stereocenters. The number of morpholine rings is 1.